The number of ether oxygens (including phenoxy) is 1. The van der Waals surface area contributed by atoms with Gasteiger partial charge >= 0.3 is 0 Å². The molecule has 1 saturated heterocycles. The topological polar surface area (TPSA) is 88.0 Å². The Balaban J connectivity index is 1.50. The van der Waals surface area contributed by atoms with Gasteiger partial charge in [-0.25, -0.2) is 0 Å². The lowest BCUT2D eigenvalue weighted by Crippen LogP contribution is -2.52. The van der Waals surface area contributed by atoms with Gasteiger partial charge in [0.1, 0.15) is 5.75 Å². The standard InChI is InChI=1S/C21H24N4O4S/c1-2-15-29-19-9-3-16(4-10-19)20(26)22-21(30)24-13-11-23(12-14-24)17-5-7-18(8-6-17)25(27)28/h3-10H,2,11-15H2,1H3,(H,22,26,30). The Hall–Kier alpha value is -3.20. The number of carbonyl (C=O) groups is 1. The molecule has 2 aromatic rings. The number of carbonyl (C=O) groups excluding carboxylic acids is 1. The fourth-order valence-electron chi connectivity index (χ4n) is 3.12. The molecule has 0 aromatic heterocycles. The molecule has 1 aliphatic rings. The molecule has 1 N–H and O–H groups in total. The van der Waals surface area contributed by atoms with Gasteiger partial charge in [-0.2, -0.15) is 0 Å². The maximum absolute atomic E-state index is 12.5. The Morgan fingerprint density at radius 2 is 1.73 bits per heavy atom. The van der Waals surface area contributed by atoms with E-state index in [0.717, 1.165) is 17.9 Å². The number of anilines is 1. The fourth-order valence-corrected chi connectivity index (χ4v) is 3.40. The van der Waals surface area contributed by atoms with Crippen LogP contribution in [0.3, 0.4) is 0 Å². The van der Waals surface area contributed by atoms with Crippen LogP contribution in [0.15, 0.2) is 48.5 Å². The molecule has 158 valence electrons. The van der Waals surface area contributed by atoms with Gasteiger partial charge in [0.2, 0.25) is 0 Å². The molecule has 1 fully saturated rings. The second kappa shape index (κ2) is 10.0. The number of hydrogen-bond acceptors (Lipinski definition) is 6. The molecule has 30 heavy (non-hydrogen) atoms. The number of amides is 1. The monoisotopic (exact) mass is 428 g/mol. The summed E-state index contributed by atoms with van der Waals surface area (Å²) in [4.78, 5) is 26.9. The Labute approximate surface area is 180 Å². The zero-order valence-electron chi connectivity index (χ0n) is 16.7. The van der Waals surface area contributed by atoms with Gasteiger partial charge in [0.15, 0.2) is 5.11 Å². The molecule has 9 heteroatoms. The van der Waals surface area contributed by atoms with E-state index in [1.54, 1.807) is 36.4 Å². The minimum atomic E-state index is -0.408. The summed E-state index contributed by atoms with van der Waals surface area (Å²) in [6, 6.07) is 13.5. The van der Waals surface area contributed by atoms with E-state index >= 15 is 0 Å². The first kappa shape index (κ1) is 21.5. The number of nitro groups is 1. The van der Waals surface area contributed by atoms with E-state index in [1.165, 1.54) is 12.1 Å². The number of benzene rings is 2. The highest BCUT2D eigenvalue weighted by molar-refractivity contribution is 7.80. The van der Waals surface area contributed by atoms with E-state index in [9.17, 15) is 14.9 Å². The van der Waals surface area contributed by atoms with Gasteiger partial charge in [-0.3, -0.25) is 20.2 Å². The largest absolute Gasteiger partial charge is 0.494 e. The van der Waals surface area contributed by atoms with Crippen molar-refractivity contribution in [2.45, 2.75) is 13.3 Å². The van der Waals surface area contributed by atoms with E-state index in [-0.39, 0.29) is 11.6 Å². The van der Waals surface area contributed by atoms with Crippen LogP contribution in [-0.4, -0.2) is 53.6 Å². The quantitative estimate of drug-likeness (QED) is 0.429. The van der Waals surface area contributed by atoms with Crippen molar-refractivity contribution in [3.05, 3.63) is 64.2 Å². The van der Waals surface area contributed by atoms with Crippen molar-refractivity contribution >= 4 is 34.6 Å². The Morgan fingerprint density at radius 1 is 1.10 bits per heavy atom. The summed E-state index contributed by atoms with van der Waals surface area (Å²) in [5.41, 5.74) is 1.53. The molecule has 2 aromatic carbocycles. The molecule has 0 atom stereocenters. The summed E-state index contributed by atoms with van der Waals surface area (Å²) in [6.07, 6.45) is 0.925. The van der Waals surface area contributed by atoms with Crippen molar-refractivity contribution < 1.29 is 14.5 Å². The molecule has 8 nitrogen and oxygen atoms in total. The molecule has 0 radical (unpaired) electrons. The first-order valence-corrected chi connectivity index (χ1v) is 10.2. The van der Waals surface area contributed by atoms with Crippen LogP contribution in [0, 0.1) is 10.1 Å². The zero-order chi connectivity index (χ0) is 21.5. The highest BCUT2D eigenvalue weighted by Crippen LogP contribution is 2.20. The second-order valence-electron chi connectivity index (χ2n) is 6.88. The molecule has 1 heterocycles. The summed E-state index contributed by atoms with van der Waals surface area (Å²) in [6.45, 7) is 5.39. The van der Waals surface area contributed by atoms with Crippen molar-refractivity contribution in [3.63, 3.8) is 0 Å². The van der Waals surface area contributed by atoms with Crippen LogP contribution in [0.5, 0.6) is 5.75 Å². The third kappa shape index (κ3) is 5.44. The van der Waals surface area contributed by atoms with Crippen LogP contribution in [0.2, 0.25) is 0 Å². The van der Waals surface area contributed by atoms with Gasteiger partial charge < -0.3 is 14.5 Å². The molecule has 0 spiro atoms. The Kier molecular flexibility index (Phi) is 7.18. The van der Waals surface area contributed by atoms with Crippen molar-refractivity contribution in [2.24, 2.45) is 0 Å². The van der Waals surface area contributed by atoms with Gasteiger partial charge in [0, 0.05) is 49.6 Å². The molecule has 1 amide bonds. The van der Waals surface area contributed by atoms with Crippen LogP contribution in [-0.2, 0) is 0 Å². The number of piperazine rings is 1. The van der Waals surface area contributed by atoms with Crippen molar-refractivity contribution in [1.82, 2.24) is 10.2 Å². The molecule has 0 unspecified atom stereocenters. The van der Waals surface area contributed by atoms with E-state index < -0.39 is 4.92 Å². The third-order valence-electron chi connectivity index (χ3n) is 4.80. The van der Waals surface area contributed by atoms with Crippen LogP contribution >= 0.6 is 12.2 Å². The average Bonchev–Trinajstić information content (AvgIpc) is 2.78. The molecule has 0 bridgehead atoms. The summed E-state index contributed by atoms with van der Waals surface area (Å²) in [5, 5.41) is 14.0. The van der Waals surface area contributed by atoms with Crippen LogP contribution < -0.4 is 15.0 Å². The van der Waals surface area contributed by atoms with Crippen molar-refractivity contribution in [3.8, 4) is 5.75 Å². The molecule has 1 aliphatic heterocycles. The molecular weight excluding hydrogens is 404 g/mol. The maximum Gasteiger partial charge on any atom is 0.269 e. The highest BCUT2D eigenvalue weighted by atomic mass is 32.1. The Bertz CT molecular complexity index is 894. The minimum Gasteiger partial charge on any atom is -0.494 e. The predicted molar refractivity (Wildman–Crippen MR) is 119 cm³/mol. The van der Waals surface area contributed by atoms with Gasteiger partial charge in [0.25, 0.3) is 11.6 Å². The van der Waals surface area contributed by atoms with E-state index in [1.807, 2.05) is 11.8 Å². The normalized spacial score (nSPS) is 13.6. The number of non-ortho nitro benzene ring substituents is 1. The van der Waals surface area contributed by atoms with Gasteiger partial charge in [-0.15, -0.1) is 0 Å². The van der Waals surface area contributed by atoms with Crippen molar-refractivity contribution in [1.29, 1.82) is 0 Å². The van der Waals surface area contributed by atoms with Crippen LogP contribution in [0.4, 0.5) is 11.4 Å². The van der Waals surface area contributed by atoms with Crippen LogP contribution in [0.1, 0.15) is 23.7 Å². The number of rotatable bonds is 6. The van der Waals surface area contributed by atoms with E-state index in [0.29, 0.717) is 43.5 Å². The summed E-state index contributed by atoms with van der Waals surface area (Å²) in [7, 11) is 0. The number of nitrogens with zero attached hydrogens (tertiary/aromatic N) is 3. The lowest BCUT2D eigenvalue weighted by atomic mass is 10.2. The number of nitro benzene ring substituents is 1. The maximum atomic E-state index is 12.5. The van der Waals surface area contributed by atoms with Crippen LogP contribution in [0.25, 0.3) is 0 Å². The number of hydrogen-bond donors (Lipinski definition) is 1. The molecule has 0 aliphatic carbocycles. The lowest BCUT2D eigenvalue weighted by Gasteiger charge is -2.37. The zero-order valence-corrected chi connectivity index (χ0v) is 17.6. The van der Waals surface area contributed by atoms with Gasteiger partial charge in [0.05, 0.1) is 11.5 Å². The Morgan fingerprint density at radius 3 is 2.30 bits per heavy atom. The summed E-state index contributed by atoms with van der Waals surface area (Å²) >= 11 is 5.41. The lowest BCUT2D eigenvalue weighted by molar-refractivity contribution is -0.384. The van der Waals surface area contributed by atoms with E-state index in [2.05, 4.69) is 10.2 Å². The highest BCUT2D eigenvalue weighted by Gasteiger charge is 2.21. The van der Waals surface area contributed by atoms with Crippen molar-refractivity contribution in [2.75, 3.05) is 37.7 Å². The summed E-state index contributed by atoms with van der Waals surface area (Å²) < 4.78 is 5.53. The summed E-state index contributed by atoms with van der Waals surface area (Å²) in [5.74, 6) is 0.484. The minimum absolute atomic E-state index is 0.0752. The number of nitrogens with one attached hydrogen (secondary N) is 1. The predicted octanol–water partition coefficient (Wildman–Crippen LogP) is 3.22. The van der Waals surface area contributed by atoms with Gasteiger partial charge in [-0.1, -0.05) is 6.92 Å². The third-order valence-corrected chi connectivity index (χ3v) is 5.16. The molecular formula is C21H24N4O4S. The molecule has 3 rings (SSSR count). The average molecular weight is 429 g/mol. The molecule has 0 saturated carbocycles. The van der Waals surface area contributed by atoms with E-state index in [4.69, 9.17) is 17.0 Å². The second-order valence-corrected chi connectivity index (χ2v) is 7.27. The number of thiocarbonyl (C=S) groups is 1. The smallest absolute Gasteiger partial charge is 0.269 e. The van der Waals surface area contributed by atoms with Gasteiger partial charge in [-0.05, 0) is 55.0 Å². The first-order valence-electron chi connectivity index (χ1n) is 9.80. The SMILES string of the molecule is CCCOc1ccc(C(=O)NC(=S)N2CCN(c3ccc([N+](=O)[O-])cc3)CC2)cc1. The fraction of sp³-hybridized carbons (Fsp3) is 0.333. The first-order chi connectivity index (χ1) is 14.5.